The van der Waals surface area contributed by atoms with Crippen molar-refractivity contribution in [2.24, 2.45) is 7.05 Å². The van der Waals surface area contributed by atoms with Crippen LogP contribution in [0.4, 0.5) is 0 Å². The number of amides is 1. The first-order valence-corrected chi connectivity index (χ1v) is 8.35. The van der Waals surface area contributed by atoms with Crippen LogP contribution in [0.3, 0.4) is 0 Å². The first-order valence-electron chi connectivity index (χ1n) is 6.05. The molecule has 0 aliphatic rings. The van der Waals surface area contributed by atoms with E-state index in [1.807, 2.05) is 4.72 Å². The van der Waals surface area contributed by atoms with E-state index in [0.29, 0.717) is 10.2 Å². The van der Waals surface area contributed by atoms with E-state index in [1.54, 1.807) is 0 Å². The van der Waals surface area contributed by atoms with E-state index in [4.69, 9.17) is 0 Å². The fourth-order valence-electron chi connectivity index (χ4n) is 1.92. The Hall–Kier alpha value is -2.46. The molecule has 3 rings (SSSR count). The molecule has 2 aromatic heterocycles. The molecule has 1 amide bonds. The number of carbonyl (C=O) groups is 1. The summed E-state index contributed by atoms with van der Waals surface area (Å²) in [6, 6.07) is 5.56. The summed E-state index contributed by atoms with van der Waals surface area (Å²) >= 11 is 0.899. The van der Waals surface area contributed by atoms with Gasteiger partial charge >= 0.3 is 4.87 Å². The van der Waals surface area contributed by atoms with Crippen molar-refractivity contribution in [1.29, 1.82) is 0 Å². The first-order chi connectivity index (χ1) is 10.4. The topological polar surface area (TPSA) is 114 Å². The van der Waals surface area contributed by atoms with Gasteiger partial charge in [-0.1, -0.05) is 11.3 Å². The number of hydrogen-bond acceptors (Lipinski definition) is 6. The van der Waals surface area contributed by atoms with Crippen LogP contribution in [0, 0.1) is 0 Å². The Balaban J connectivity index is 1.96. The Kier molecular flexibility index (Phi) is 3.34. The maximum Gasteiger partial charge on any atom is 0.305 e. The average molecular weight is 338 g/mol. The standard InChI is InChI=1S/C12H10N4O4S2/c1-16-9(4-5-13-16)11(17)15-22(19,20)7-2-3-8-10(6-7)21-12(18)14-8/h2-6H,1H3,(H,14,18)(H,15,17). The van der Waals surface area contributed by atoms with Gasteiger partial charge in [-0.05, 0) is 24.3 Å². The minimum atomic E-state index is -4.03. The second kappa shape index (κ2) is 5.07. The number of thiazole rings is 1. The fraction of sp³-hybridized carbons (Fsp3) is 0.0833. The Morgan fingerprint density at radius 3 is 2.82 bits per heavy atom. The monoisotopic (exact) mass is 338 g/mol. The number of aromatic nitrogens is 3. The van der Waals surface area contributed by atoms with Crippen molar-refractivity contribution in [2.45, 2.75) is 4.90 Å². The molecule has 0 radical (unpaired) electrons. The fourth-order valence-corrected chi connectivity index (χ4v) is 3.76. The molecule has 0 bridgehead atoms. The molecule has 8 nitrogen and oxygen atoms in total. The average Bonchev–Trinajstić information content (AvgIpc) is 3.01. The van der Waals surface area contributed by atoms with Crippen LogP contribution < -0.4 is 9.60 Å². The van der Waals surface area contributed by atoms with E-state index in [1.165, 1.54) is 42.2 Å². The second-order valence-electron chi connectivity index (χ2n) is 4.45. The number of aromatic amines is 1. The molecule has 114 valence electrons. The number of hydrogen-bond donors (Lipinski definition) is 2. The van der Waals surface area contributed by atoms with Gasteiger partial charge in [0, 0.05) is 13.2 Å². The maximum absolute atomic E-state index is 12.3. The van der Waals surface area contributed by atoms with Crippen LogP contribution in [-0.4, -0.2) is 29.1 Å². The molecule has 2 heterocycles. The smallest absolute Gasteiger partial charge is 0.305 e. The highest BCUT2D eigenvalue weighted by Crippen LogP contribution is 2.19. The van der Waals surface area contributed by atoms with Crippen molar-refractivity contribution in [3.05, 3.63) is 45.8 Å². The molecule has 0 atom stereocenters. The van der Waals surface area contributed by atoms with Gasteiger partial charge in [0.1, 0.15) is 5.69 Å². The highest BCUT2D eigenvalue weighted by molar-refractivity contribution is 7.90. The second-order valence-corrected chi connectivity index (χ2v) is 7.14. The van der Waals surface area contributed by atoms with Gasteiger partial charge in [-0.2, -0.15) is 5.10 Å². The van der Waals surface area contributed by atoms with Crippen LogP contribution in [0.25, 0.3) is 10.2 Å². The minimum Gasteiger partial charge on any atom is -0.312 e. The van der Waals surface area contributed by atoms with Crippen LogP contribution in [0.1, 0.15) is 10.5 Å². The van der Waals surface area contributed by atoms with E-state index in [-0.39, 0.29) is 15.5 Å². The zero-order valence-electron chi connectivity index (χ0n) is 11.2. The van der Waals surface area contributed by atoms with Crippen LogP contribution in [0.2, 0.25) is 0 Å². The summed E-state index contributed by atoms with van der Waals surface area (Å²) < 4.78 is 28.3. The molecular formula is C12H10N4O4S2. The Morgan fingerprint density at radius 1 is 1.36 bits per heavy atom. The molecule has 0 unspecified atom stereocenters. The lowest BCUT2D eigenvalue weighted by Crippen LogP contribution is -2.31. The third-order valence-corrected chi connectivity index (χ3v) is 5.16. The van der Waals surface area contributed by atoms with Crippen molar-refractivity contribution in [1.82, 2.24) is 19.5 Å². The molecule has 0 saturated carbocycles. The molecule has 0 spiro atoms. The molecule has 22 heavy (non-hydrogen) atoms. The lowest BCUT2D eigenvalue weighted by Gasteiger charge is -2.07. The van der Waals surface area contributed by atoms with Crippen LogP contribution in [0.15, 0.2) is 40.2 Å². The van der Waals surface area contributed by atoms with Gasteiger partial charge in [-0.3, -0.25) is 14.3 Å². The Bertz CT molecular complexity index is 1030. The lowest BCUT2D eigenvalue weighted by molar-refractivity contribution is 0.0972. The Labute approximate surface area is 128 Å². The van der Waals surface area contributed by atoms with E-state index in [2.05, 4.69) is 10.1 Å². The minimum absolute atomic E-state index is 0.0919. The quantitative estimate of drug-likeness (QED) is 0.719. The van der Waals surface area contributed by atoms with Gasteiger partial charge in [0.05, 0.1) is 15.1 Å². The number of sulfonamides is 1. The molecule has 3 aromatic rings. The number of fused-ring (bicyclic) bond motifs is 1. The first kappa shape index (κ1) is 14.5. The third-order valence-electron chi connectivity index (χ3n) is 2.98. The zero-order valence-corrected chi connectivity index (χ0v) is 12.9. The van der Waals surface area contributed by atoms with Gasteiger partial charge in [0.2, 0.25) is 0 Å². The van der Waals surface area contributed by atoms with Gasteiger partial charge in [-0.15, -0.1) is 0 Å². The predicted molar refractivity (Wildman–Crippen MR) is 80.3 cm³/mol. The predicted octanol–water partition coefficient (Wildman–Crippen LogP) is 0.442. The van der Waals surface area contributed by atoms with Crippen LogP contribution >= 0.6 is 11.3 Å². The number of nitrogens with one attached hydrogen (secondary N) is 2. The lowest BCUT2D eigenvalue weighted by atomic mass is 10.3. The number of rotatable bonds is 3. The van der Waals surface area contributed by atoms with Crippen molar-refractivity contribution >= 4 is 37.5 Å². The normalized spacial score (nSPS) is 11.7. The Morgan fingerprint density at radius 2 is 2.14 bits per heavy atom. The largest absolute Gasteiger partial charge is 0.312 e. The third kappa shape index (κ3) is 2.53. The van der Waals surface area contributed by atoms with E-state index >= 15 is 0 Å². The summed E-state index contributed by atoms with van der Waals surface area (Å²) in [4.78, 5) is 25.4. The SMILES string of the molecule is Cn1nccc1C(=O)NS(=O)(=O)c1ccc2[nH]c(=O)sc2c1. The molecule has 0 saturated heterocycles. The summed E-state index contributed by atoms with van der Waals surface area (Å²) in [6.07, 6.45) is 1.39. The maximum atomic E-state index is 12.3. The summed E-state index contributed by atoms with van der Waals surface area (Å²) in [5.41, 5.74) is 0.669. The molecule has 0 aliphatic heterocycles. The van der Waals surface area contributed by atoms with Gasteiger partial charge in [0.25, 0.3) is 15.9 Å². The number of H-pyrrole nitrogens is 1. The number of aryl methyl sites for hydroxylation is 1. The van der Waals surface area contributed by atoms with E-state index in [9.17, 15) is 18.0 Å². The summed E-state index contributed by atoms with van der Waals surface area (Å²) in [5, 5.41) is 3.81. The summed E-state index contributed by atoms with van der Waals surface area (Å²) in [5.74, 6) is -0.776. The molecule has 0 aliphatic carbocycles. The molecule has 1 aromatic carbocycles. The highest BCUT2D eigenvalue weighted by atomic mass is 32.2. The molecular weight excluding hydrogens is 328 g/mol. The number of nitrogens with zero attached hydrogens (tertiary/aromatic N) is 2. The summed E-state index contributed by atoms with van der Waals surface area (Å²) in [7, 11) is -2.50. The molecule has 10 heteroatoms. The number of carbonyl (C=O) groups excluding carboxylic acids is 1. The molecule has 2 N–H and O–H groups in total. The van der Waals surface area contributed by atoms with Crippen LogP contribution in [0.5, 0.6) is 0 Å². The van der Waals surface area contributed by atoms with E-state index in [0.717, 1.165) is 11.3 Å². The van der Waals surface area contributed by atoms with Crippen molar-refractivity contribution in [2.75, 3.05) is 0 Å². The van der Waals surface area contributed by atoms with Crippen molar-refractivity contribution in [3.63, 3.8) is 0 Å². The van der Waals surface area contributed by atoms with Gasteiger partial charge < -0.3 is 4.98 Å². The van der Waals surface area contributed by atoms with Crippen molar-refractivity contribution < 1.29 is 13.2 Å². The van der Waals surface area contributed by atoms with Crippen molar-refractivity contribution in [3.8, 4) is 0 Å². The zero-order chi connectivity index (χ0) is 15.9. The number of benzene rings is 1. The van der Waals surface area contributed by atoms with E-state index < -0.39 is 15.9 Å². The summed E-state index contributed by atoms with van der Waals surface area (Å²) in [6.45, 7) is 0. The molecule has 0 fully saturated rings. The van der Waals surface area contributed by atoms with Gasteiger partial charge in [-0.25, -0.2) is 13.1 Å². The van der Waals surface area contributed by atoms with Gasteiger partial charge in [0.15, 0.2) is 0 Å². The highest BCUT2D eigenvalue weighted by Gasteiger charge is 2.21. The van der Waals surface area contributed by atoms with Crippen LogP contribution in [-0.2, 0) is 17.1 Å².